The van der Waals surface area contributed by atoms with Gasteiger partial charge in [0.1, 0.15) is 5.75 Å². The highest BCUT2D eigenvalue weighted by Crippen LogP contribution is 2.22. The van der Waals surface area contributed by atoms with Crippen molar-refractivity contribution in [3.8, 4) is 5.75 Å². The molecule has 1 amide bonds. The molecular formula is C13H20N2O2. The van der Waals surface area contributed by atoms with Gasteiger partial charge >= 0.3 is 0 Å². The molecule has 0 spiro atoms. The van der Waals surface area contributed by atoms with Crippen LogP contribution in [0, 0.1) is 0 Å². The third-order valence-electron chi connectivity index (χ3n) is 2.67. The Labute approximate surface area is 102 Å². The van der Waals surface area contributed by atoms with Gasteiger partial charge in [-0.3, -0.25) is 4.79 Å². The van der Waals surface area contributed by atoms with E-state index in [0.29, 0.717) is 17.0 Å². The van der Waals surface area contributed by atoms with E-state index < -0.39 is 0 Å². The monoisotopic (exact) mass is 236 g/mol. The molecule has 0 fully saturated rings. The molecule has 0 radical (unpaired) electrons. The minimum Gasteiger partial charge on any atom is -0.495 e. The van der Waals surface area contributed by atoms with E-state index in [2.05, 4.69) is 6.92 Å². The number of methoxy groups -OCH3 is 1. The highest BCUT2D eigenvalue weighted by atomic mass is 16.5. The van der Waals surface area contributed by atoms with Gasteiger partial charge in [0.15, 0.2) is 0 Å². The Balaban J connectivity index is 2.81. The third kappa shape index (κ3) is 3.37. The fraction of sp³-hybridized carbons (Fsp3) is 0.462. The van der Waals surface area contributed by atoms with Gasteiger partial charge < -0.3 is 15.4 Å². The second kappa shape index (κ2) is 6.13. The summed E-state index contributed by atoms with van der Waals surface area (Å²) in [4.78, 5) is 13.8. The number of amides is 1. The maximum absolute atomic E-state index is 12.1. The smallest absolute Gasteiger partial charge is 0.253 e. The van der Waals surface area contributed by atoms with E-state index in [1.807, 2.05) is 0 Å². The van der Waals surface area contributed by atoms with Crippen molar-refractivity contribution in [3.05, 3.63) is 23.8 Å². The van der Waals surface area contributed by atoms with Crippen LogP contribution < -0.4 is 10.5 Å². The summed E-state index contributed by atoms with van der Waals surface area (Å²) in [6.07, 6.45) is 2.08. The zero-order valence-corrected chi connectivity index (χ0v) is 10.7. The molecular weight excluding hydrogens is 216 g/mol. The van der Waals surface area contributed by atoms with E-state index in [-0.39, 0.29) is 5.91 Å². The Morgan fingerprint density at radius 3 is 2.76 bits per heavy atom. The Hall–Kier alpha value is -1.71. The Morgan fingerprint density at radius 1 is 1.47 bits per heavy atom. The SMILES string of the molecule is CCCCN(C)C(=O)c1ccc(N)c(OC)c1. The van der Waals surface area contributed by atoms with Crippen molar-refractivity contribution in [1.29, 1.82) is 0 Å². The molecule has 0 atom stereocenters. The van der Waals surface area contributed by atoms with Crippen LogP contribution in [0.5, 0.6) is 5.75 Å². The average molecular weight is 236 g/mol. The van der Waals surface area contributed by atoms with Crippen molar-refractivity contribution in [2.24, 2.45) is 0 Å². The fourth-order valence-corrected chi connectivity index (χ4v) is 1.56. The topological polar surface area (TPSA) is 55.6 Å². The molecule has 0 aromatic heterocycles. The van der Waals surface area contributed by atoms with Crippen LogP contribution in [-0.2, 0) is 0 Å². The van der Waals surface area contributed by atoms with Crippen LogP contribution in [-0.4, -0.2) is 31.5 Å². The molecule has 17 heavy (non-hydrogen) atoms. The van der Waals surface area contributed by atoms with Crippen molar-refractivity contribution in [2.45, 2.75) is 19.8 Å². The number of nitrogen functional groups attached to an aromatic ring is 1. The molecule has 0 aliphatic heterocycles. The number of nitrogens with zero attached hydrogens (tertiary/aromatic N) is 1. The largest absolute Gasteiger partial charge is 0.495 e. The highest BCUT2D eigenvalue weighted by Gasteiger charge is 2.12. The minimum absolute atomic E-state index is 0.00301. The third-order valence-corrected chi connectivity index (χ3v) is 2.67. The zero-order chi connectivity index (χ0) is 12.8. The standard InChI is InChI=1S/C13H20N2O2/c1-4-5-8-15(2)13(16)10-6-7-11(14)12(9-10)17-3/h6-7,9H,4-5,8,14H2,1-3H3. The van der Waals surface area contributed by atoms with Gasteiger partial charge in [-0.1, -0.05) is 13.3 Å². The summed E-state index contributed by atoms with van der Waals surface area (Å²) in [5.74, 6) is 0.538. The van der Waals surface area contributed by atoms with Crippen molar-refractivity contribution in [3.63, 3.8) is 0 Å². The molecule has 1 aromatic carbocycles. The Morgan fingerprint density at radius 2 is 2.18 bits per heavy atom. The van der Waals surface area contributed by atoms with E-state index in [4.69, 9.17) is 10.5 Å². The van der Waals surface area contributed by atoms with Gasteiger partial charge in [0, 0.05) is 19.2 Å². The second-order valence-electron chi connectivity index (χ2n) is 4.04. The van der Waals surface area contributed by atoms with E-state index >= 15 is 0 Å². The number of benzene rings is 1. The lowest BCUT2D eigenvalue weighted by molar-refractivity contribution is 0.0793. The van der Waals surface area contributed by atoms with Crippen LogP contribution in [0.1, 0.15) is 30.1 Å². The summed E-state index contributed by atoms with van der Waals surface area (Å²) < 4.78 is 5.10. The number of nitrogens with two attached hydrogens (primary N) is 1. The van der Waals surface area contributed by atoms with Crippen molar-refractivity contribution in [2.75, 3.05) is 26.4 Å². The summed E-state index contributed by atoms with van der Waals surface area (Å²) in [5, 5.41) is 0. The summed E-state index contributed by atoms with van der Waals surface area (Å²) in [6, 6.07) is 5.10. The first kappa shape index (κ1) is 13.4. The van der Waals surface area contributed by atoms with E-state index in [1.54, 1.807) is 37.3 Å². The Bertz CT molecular complexity index is 391. The zero-order valence-electron chi connectivity index (χ0n) is 10.7. The van der Waals surface area contributed by atoms with Crippen molar-refractivity contribution in [1.82, 2.24) is 4.90 Å². The number of ether oxygens (including phenoxy) is 1. The molecule has 4 nitrogen and oxygen atoms in total. The number of rotatable bonds is 5. The molecule has 4 heteroatoms. The molecule has 0 bridgehead atoms. The molecule has 0 saturated heterocycles. The number of carbonyl (C=O) groups is 1. The average Bonchev–Trinajstić information content (AvgIpc) is 2.35. The molecule has 2 N–H and O–H groups in total. The predicted octanol–water partition coefficient (Wildman–Crippen LogP) is 2.15. The first-order valence-electron chi connectivity index (χ1n) is 5.79. The molecule has 0 saturated carbocycles. The van der Waals surface area contributed by atoms with E-state index in [1.165, 1.54) is 0 Å². The summed E-state index contributed by atoms with van der Waals surface area (Å²) in [7, 11) is 3.35. The quantitative estimate of drug-likeness (QED) is 0.797. The molecule has 0 aliphatic carbocycles. The summed E-state index contributed by atoms with van der Waals surface area (Å²) in [6.45, 7) is 2.87. The van der Waals surface area contributed by atoms with Crippen LogP contribution in [0.3, 0.4) is 0 Å². The van der Waals surface area contributed by atoms with Crippen LogP contribution >= 0.6 is 0 Å². The number of hydrogen-bond acceptors (Lipinski definition) is 3. The van der Waals surface area contributed by atoms with Crippen LogP contribution in [0.25, 0.3) is 0 Å². The number of unbranched alkanes of at least 4 members (excludes halogenated alkanes) is 1. The lowest BCUT2D eigenvalue weighted by atomic mass is 10.1. The number of hydrogen-bond donors (Lipinski definition) is 1. The van der Waals surface area contributed by atoms with Crippen LogP contribution in [0.15, 0.2) is 18.2 Å². The van der Waals surface area contributed by atoms with Crippen molar-refractivity contribution < 1.29 is 9.53 Å². The number of anilines is 1. The van der Waals surface area contributed by atoms with Gasteiger partial charge in [0.25, 0.3) is 5.91 Å². The maximum atomic E-state index is 12.1. The van der Waals surface area contributed by atoms with Crippen LogP contribution in [0.2, 0.25) is 0 Å². The number of carbonyl (C=O) groups excluding carboxylic acids is 1. The lowest BCUT2D eigenvalue weighted by Crippen LogP contribution is -2.27. The van der Waals surface area contributed by atoms with Crippen molar-refractivity contribution >= 4 is 11.6 Å². The molecule has 0 aliphatic rings. The van der Waals surface area contributed by atoms with E-state index in [9.17, 15) is 4.79 Å². The normalized spacial score (nSPS) is 10.1. The molecule has 1 rings (SSSR count). The summed E-state index contributed by atoms with van der Waals surface area (Å²) >= 11 is 0. The Kier molecular flexibility index (Phi) is 4.82. The molecule has 0 heterocycles. The first-order chi connectivity index (χ1) is 8.10. The molecule has 94 valence electrons. The summed E-state index contributed by atoms with van der Waals surface area (Å²) in [5.41, 5.74) is 6.85. The first-order valence-corrected chi connectivity index (χ1v) is 5.79. The molecule has 0 unspecified atom stereocenters. The highest BCUT2D eigenvalue weighted by molar-refractivity contribution is 5.95. The predicted molar refractivity (Wildman–Crippen MR) is 69.3 cm³/mol. The maximum Gasteiger partial charge on any atom is 0.253 e. The van der Waals surface area contributed by atoms with Crippen LogP contribution in [0.4, 0.5) is 5.69 Å². The van der Waals surface area contributed by atoms with Gasteiger partial charge in [0.2, 0.25) is 0 Å². The molecule has 1 aromatic rings. The van der Waals surface area contributed by atoms with Gasteiger partial charge in [-0.25, -0.2) is 0 Å². The lowest BCUT2D eigenvalue weighted by Gasteiger charge is -2.17. The second-order valence-corrected chi connectivity index (χ2v) is 4.04. The van der Waals surface area contributed by atoms with Gasteiger partial charge in [0.05, 0.1) is 12.8 Å². The minimum atomic E-state index is -0.00301. The van der Waals surface area contributed by atoms with Gasteiger partial charge in [-0.05, 0) is 24.6 Å². The van der Waals surface area contributed by atoms with E-state index in [0.717, 1.165) is 19.4 Å². The van der Waals surface area contributed by atoms with Gasteiger partial charge in [-0.2, -0.15) is 0 Å². The van der Waals surface area contributed by atoms with Gasteiger partial charge in [-0.15, -0.1) is 0 Å². The fourth-order valence-electron chi connectivity index (χ4n) is 1.56.